The zero-order chi connectivity index (χ0) is 23.4. The lowest BCUT2D eigenvalue weighted by atomic mass is 10.0. The molecule has 8 heteroatoms. The third kappa shape index (κ3) is 4.83. The number of carbonyl (C=O) groups excluding carboxylic acids is 2. The van der Waals surface area contributed by atoms with Crippen LogP contribution in [0.1, 0.15) is 32.7 Å². The Hall–Kier alpha value is -4.64. The van der Waals surface area contributed by atoms with Crippen LogP contribution in [0.25, 0.3) is 5.65 Å². The van der Waals surface area contributed by atoms with Crippen LogP contribution in [0.15, 0.2) is 61.1 Å². The lowest BCUT2D eigenvalue weighted by molar-refractivity contribution is 0.102. The monoisotopic (exact) mass is 439 g/mol. The molecule has 1 aromatic carbocycles. The molecule has 0 fully saturated rings. The minimum atomic E-state index is -0.578. The predicted molar refractivity (Wildman–Crippen MR) is 125 cm³/mol. The van der Waals surface area contributed by atoms with E-state index in [1.807, 2.05) is 26.0 Å². The minimum absolute atomic E-state index is 0.260. The van der Waals surface area contributed by atoms with E-state index in [-0.39, 0.29) is 5.91 Å². The third-order valence-corrected chi connectivity index (χ3v) is 4.94. The molecule has 2 amide bonds. The summed E-state index contributed by atoms with van der Waals surface area (Å²) in [5, 5.41) is 5.44. The molecule has 0 aliphatic heterocycles. The molecule has 8 nitrogen and oxygen atoms in total. The Balaban J connectivity index is 1.61. The van der Waals surface area contributed by atoms with Crippen LogP contribution >= 0.6 is 0 Å². The van der Waals surface area contributed by atoms with Gasteiger partial charge in [0, 0.05) is 23.5 Å². The van der Waals surface area contributed by atoms with Crippen LogP contribution in [-0.2, 0) is 4.74 Å². The Morgan fingerprint density at radius 3 is 2.67 bits per heavy atom. The molecule has 0 saturated heterocycles. The molecule has 0 bridgehead atoms. The van der Waals surface area contributed by atoms with Gasteiger partial charge in [-0.3, -0.25) is 14.5 Å². The van der Waals surface area contributed by atoms with E-state index in [0.29, 0.717) is 28.4 Å². The first-order valence-electron chi connectivity index (χ1n) is 10.1. The van der Waals surface area contributed by atoms with E-state index < -0.39 is 6.09 Å². The Labute approximate surface area is 190 Å². The Morgan fingerprint density at radius 2 is 1.88 bits per heavy atom. The fourth-order valence-corrected chi connectivity index (χ4v) is 3.18. The number of hydrogen-bond donors (Lipinski definition) is 2. The van der Waals surface area contributed by atoms with E-state index in [0.717, 1.165) is 16.7 Å². The molecular formula is C25H21N5O3. The van der Waals surface area contributed by atoms with Crippen molar-refractivity contribution < 1.29 is 14.3 Å². The smallest absolute Gasteiger partial charge is 0.411 e. The number of anilines is 2. The van der Waals surface area contributed by atoms with E-state index in [1.54, 1.807) is 53.3 Å². The van der Waals surface area contributed by atoms with Crippen LogP contribution in [0, 0.1) is 25.7 Å². The van der Waals surface area contributed by atoms with Gasteiger partial charge in [-0.2, -0.15) is 0 Å². The summed E-state index contributed by atoms with van der Waals surface area (Å²) in [6, 6.07) is 12.5. The van der Waals surface area contributed by atoms with Crippen molar-refractivity contribution in [2.24, 2.45) is 0 Å². The van der Waals surface area contributed by atoms with Gasteiger partial charge in [0.25, 0.3) is 5.91 Å². The maximum Gasteiger partial charge on any atom is 0.411 e. The number of carbonyl (C=O) groups is 2. The maximum absolute atomic E-state index is 12.7. The van der Waals surface area contributed by atoms with Gasteiger partial charge < -0.3 is 10.1 Å². The van der Waals surface area contributed by atoms with Crippen molar-refractivity contribution in [3.63, 3.8) is 0 Å². The summed E-state index contributed by atoms with van der Waals surface area (Å²) < 4.78 is 6.42. The average molecular weight is 439 g/mol. The summed E-state index contributed by atoms with van der Waals surface area (Å²) in [6.07, 6.45) is 4.50. The van der Waals surface area contributed by atoms with Gasteiger partial charge in [0.1, 0.15) is 11.5 Å². The van der Waals surface area contributed by atoms with Gasteiger partial charge in [0.15, 0.2) is 5.65 Å². The average Bonchev–Trinajstić information content (AvgIpc) is 3.22. The van der Waals surface area contributed by atoms with Crippen LogP contribution < -0.4 is 10.6 Å². The van der Waals surface area contributed by atoms with Gasteiger partial charge in [-0.25, -0.2) is 14.8 Å². The number of methoxy groups -OCH3 is 1. The van der Waals surface area contributed by atoms with Crippen LogP contribution in [0.2, 0.25) is 0 Å². The van der Waals surface area contributed by atoms with Gasteiger partial charge in [0.2, 0.25) is 0 Å². The highest BCUT2D eigenvalue weighted by atomic mass is 16.5. The molecule has 3 aromatic heterocycles. The van der Waals surface area contributed by atoms with Crippen LogP contribution in [0.5, 0.6) is 0 Å². The SMILES string of the molecule is COC(=O)Nc1cccn2c(C#Cc3cc(C(=O)Nc4cc(C)ccn4)ccc3C)cnc12. The first kappa shape index (κ1) is 21.6. The maximum atomic E-state index is 12.7. The van der Waals surface area contributed by atoms with Crippen molar-refractivity contribution in [3.05, 3.63) is 89.0 Å². The van der Waals surface area contributed by atoms with Crippen molar-refractivity contribution in [2.75, 3.05) is 17.7 Å². The summed E-state index contributed by atoms with van der Waals surface area (Å²) >= 11 is 0. The molecular weight excluding hydrogens is 418 g/mol. The molecule has 4 aromatic rings. The lowest BCUT2D eigenvalue weighted by Gasteiger charge is -2.07. The molecule has 33 heavy (non-hydrogen) atoms. The molecule has 0 radical (unpaired) electrons. The number of aromatic nitrogens is 3. The normalized spacial score (nSPS) is 10.3. The number of hydrogen-bond acceptors (Lipinski definition) is 5. The first-order chi connectivity index (χ1) is 15.9. The van der Waals surface area contributed by atoms with Crippen molar-refractivity contribution >= 4 is 29.2 Å². The summed E-state index contributed by atoms with van der Waals surface area (Å²) in [6.45, 7) is 3.87. The third-order valence-electron chi connectivity index (χ3n) is 4.94. The molecule has 4 rings (SSSR count). The second-order valence-electron chi connectivity index (χ2n) is 7.33. The topological polar surface area (TPSA) is 97.6 Å². The molecule has 0 spiro atoms. The summed E-state index contributed by atoms with van der Waals surface area (Å²) in [4.78, 5) is 32.8. The fraction of sp³-hybridized carbons (Fsp3) is 0.120. The fourth-order valence-electron chi connectivity index (χ4n) is 3.18. The first-order valence-corrected chi connectivity index (χ1v) is 10.1. The number of nitrogens with one attached hydrogen (secondary N) is 2. The quantitative estimate of drug-likeness (QED) is 0.467. The standard InChI is InChI=1S/C25H21N5O3/c1-16-10-11-26-22(13-16)29-24(31)19-7-6-17(2)18(14-19)8-9-20-15-27-23-21(28-25(32)33-3)5-4-12-30(20)23/h4-7,10-15H,1-3H3,(H,28,32)(H,26,29,31). The van der Waals surface area contributed by atoms with E-state index in [1.165, 1.54) is 7.11 Å². The minimum Gasteiger partial charge on any atom is -0.453 e. The Morgan fingerprint density at radius 1 is 1.03 bits per heavy atom. The van der Waals surface area contributed by atoms with Gasteiger partial charge in [-0.1, -0.05) is 12.0 Å². The van der Waals surface area contributed by atoms with Gasteiger partial charge in [-0.15, -0.1) is 0 Å². The molecule has 0 saturated carbocycles. The number of aryl methyl sites for hydroxylation is 2. The van der Waals surface area contributed by atoms with E-state index in [9.17, 15) is 9.59 Å². The van der Waals surface area contributed by atoms with Gasteiger partial charge in [0.05, 0.1) is 19.0 Å². The van der Waals surface area contributed by atoms with Crippen molar-refractivity contribution in [3.8, 4) is 11.8 Å². The van der Waals surface area contributed by atoms with Crippen LogP contribution in [0.3, 0.4) is 0 Å². The zero-order valence-corrected chi connectivity index (χ0v) is 18.3. The molecule has 0 unspecified atom stereocenters. The molecule has 2 N–H and O–H groups in total. The molecule has 3 heterocycles. The number of amides is 2. The van der Waals surface area contributed by atoms with Crippen LogP contribution in [0.4, 0.5) is 16.3 Å². The molecule has 0 aliphatic rings. The largest absolute Gasteiger partial charge is 0.453 e. The summed E-state index contributed by atoms with van der Waals surface area (Å²) in [5.41, 5.74) is 4.84. The van der Waals surface area contributed by atoms with Crippen molar-refractivity contribution in [1.82, 2.24) is 14.4 Å². The Bertz CT molecular complexity index is 1430. The Kier molecular flexibility index (Phi) is 6.04. The number of ether oxygens (including phenoxy) is 1. The summed E-state index contributed by atoms with van der Waals surface area (Å²) in [5.74, 6) is 6.47. The number of pyridine rings is 2. The van der Waals surface area contributed by atoms with E-state index in [4.69, 9.17) is 0 Å². The van der Waals surface area contributed by atoms with E-state index in [2.05, 4.69) is 37.2 Å². The molecule has 164 valence electrons. The highest BCUT2D eigenvalue weighted by molar-refractivity contribution is 6.04. The van der Waals surface area contributed by atoms with Crippen LogP contribution in [-0.4, -0.2) is 33.5 Å². The van der Waals surface area contributed by atoms with Gasteiger partial charge >= 0.3 is 6.09 Å². The number of rotatable bonds is 3. The second kappa shape index (κ2) is 9.24. The second-order valence-corrected chi connectivity index (χ2v) is 7.33. The number of fused-ring (bicyclic) bond motifs is 1. The van der Waals surface area contributed by atoms with Crippen molar-refractivity contribution in [1.29, 1.82) is 0 Å². The molecule has 0 atom stereocenters. The van der Waals surface area contributed by atoms with Crippen molar-refractivity contribution in [2.45, 2.75) is 13.8 Å². The van der Waals surface area contributed by atoms with E-state index >= 15 is 0 Å². The highest BCUT2D eigenvalue weighted by Gasteiger charge is 2.10. The predicted octanol–water partition coefficient (Wildman–Crippen LogP) is 4.18. The lowest BCUT2D eigenvalue weighted by Crippen LogP contribution is -2.13. The van der Waals surface area contributed by atoms with Gasteiger partial charge in [-0.05, 0) is 67.3 Å². The number of nitrogens with zero attached hydrogens (tertiary/aromatic N) is 3. The highest BCUT2D eigenvalue weighted by Crippen LogP contribution is 2.18. The summed E-state index contributed by atoms with van der Waals surface area (Å²) in [7, 11) is 1.30. The number of benzene rings is 1. The zero-order valence-electron chi connectivity index (χ0n) is 18.3. The molecule has 0 aliphatic carbocycles. The number of imidazole rings is 1.